The average Bonchev–Trinajstić information content (AvgIpc) is 2.64. The molecule has 0 spiro atoms. The summed E-state index contributed by atoms with van der Waals surface area (Å²) in [5, 5.41) is 4.28. The van der Waals surface area contributed by atoms with E-state index in [2.05, 4.69) is 43.4 Å². The van der Waals surface area contributed by atoms with E-state index < -0.39 is 0 Å². The summed E-state index contributed by atoms with van der Waals surface area (Å²) < 4.78 is 6.04. The van der Waals surface area contributed by atoms with E-state index in [9.17, 15) is 0 Å². The van der Waals surface area contributed by atoms with Gasteiger partial charge in [0.2, 0.25) is 0 Å². The predicted octanol–water partition coefficient (Wildman–Crippen LogP) is 6.68. The van der Waals surface area contributed by atoms with Crippen molar-refractivity contribution in [3.05, 3.63) is 64.2 Å². The Labute approximate surface area is 163 Å². The van der Waals surface area contributed by atoms with Crippen LogP contribution in [0.25, 0.3) is 0 Å². The second kappa shape index (κ2) is 12.0. The van der Waals surface area contributed by atoms with Crippen LogP contribution in [-0.4, -0.2) is 6.54 Å². The number of aryl methyl sites for hydroxylation is 1. The van der Waals surface area contributed by atoms with Gasteiger partial charge in [-0.2, -0.15) is 0 Å². The predicted molar refractivity (Wildman–Crippen MR) is 112 cm³/mol. The molecule has 0 aromatic heterocycles. The van der Waals surface area contributed by atoms with Crippen LogP contribution in [0.3, 0.4) is 0 Å². The molecule has 0 atom stereocenters. The van der Waals surface area contributed by atoms with Crippen LogP contribution in [0.4, 0.5) is 0 Å². The molecule has 3 heteroatoms. The van der Waals surface area contributed by atoms with Crippen LogP contribution in [0.15, 0.2) is 42.5 Å². The van der Waals surface area contributed by atoms with Gasteiger partial charge in [-0.1, -0.05) is 80.5 Å². The molecule has 26 heavy (non-hydrogen) atoms. The van der Waals surface area contributed by atoms with Crippen LogP contribution in [0.2, 0.25) is 5.02 Å². The molecule has 2 nitrogen and oxygen atoms in total. The van der Waals surface area contributed by atoms with Crippen molar-refractivity contribution in [3.8, 4) is 5.75 Å². The molecule has 0 radical (unpaired) electrons. The molecule has 0 heterocycles. The van der Waals surface area contributed by atoms with Crippen LogP contribution in [0.1, 0.15) is 62.1 Å². The van der Waals surface area contributed by atoms with Gasteiger partial charge in [0.15, 0.2) is 0 Å². The van der Waals surface area contributed by atoms with Crippen molar-refractivity contribution in [2.45, 2.75) is 65.5 Å². The quantitative estimate of drug-likeness (QED) is 0.419. The minimum atomic E-state index is 0.576. The van der Waals surface area contributed by atoms with E-state index in [1.807, 2.05) is 18.2 Å². The highest BCUT2D eigenvalue weighted by molar-refractivity contribution is 6.30. The summed E-state index contributed by atoms with van der Waals surface area (Å²) in [5.74, 6) is 0.908. The van der Waals surface area contributed by atoms with Gasteiger partial charge in [-0.25, -0.2) is 0 Å². The van der Waals surface area contributed by atoms with Gasteiger partial charge >= 0.3 is 0 Å². The molecular weight excluding hydrogens is 342 g/mol. The first-order chi connectivity index (χ1) is 12.7. The monoisotopic (exact) mass is 373 g/mol. The Kier molecular flexibility index (Phi) is 9.58. The third kappa shape index (κ3) is 7.80. The van der Waals surface area contributed by atoms with Crippen LogP contribution < -0.4 is 10.1 Å². The fourth-order valence-electron chi connectivity index (χ4n) is 2.93. The molecule has 1 N–H and O–H groups in total. The normalized spacial score (nSPS) is 10.9. The maximum Gasteiger partial charge on any atom is 0.124 e. The summed E-state index contributed by atoms with van der Waals surface area (Å²) in [7, 11) is 0. The zero-order chi connectivity index (χ0) is 18.6. The van der Waals surface area contributed by atoms with Crippen LogP contribution in [0.5, 0.6) is 5.75 Å². The van der Waals surface area contributed by atoms with Crippen molar-refractivity contribution in [1.82, 2.24) is 5.32 Å². The number of hydrogen-bond donors (Lipinski definition) is 1. The first kappa shape index (κ1) is 20.8. The zero-order valence-electron chi connectivity index (χ0n) is 16.2. The van der Waals surface area contributed by atoms with E-state index in [-0.39, 0.29) is 0 Å². The van der Waals surface area contributed by atoms with Crippen molar-refractivity contribution in [1.29, 1.82) is 0 Å². The lowest BCUT2D eigenvalue weighted by Gasteiger charge is -2.13. The summed E-state index contributed by atoms with van der Waals surface area (Å²) in [6.07, 6.45) is 7.90. The summed E-state index contributed by atoms with van der Waals surface area (Å²) in [5.41, 5.74) is 3.56. The molecule has 0 aliphatic rings. The smallest absolute Gasteiger partial charge is 0.124 e. The van der Waals surface area contributed by atoms with Crippen molar-refractivity contribution in [2.24, 2.45) is 0 Å². The number of halogens is 1. The Morgan fingerprint density at radius 2 is 1.65 bits per heavy atom. The molecule has 0 bridgehead atoms. The Morgan fingerprint density at radius 1 is 0.923 bits per heavy atom. The Hall–Kier alpha value is -1.51. The summed E-state index contributed by atoms with van der Waals surface area (Å²) in [4.78, 5) is 0. The van der Waals surface area contributed by atoms with Crippen LogP contribution >= 0.6 is 11.6 Å². The van der Waals surface area contributed by atoms with E-state index in [0.29, 0.717) is 6.61 Å². The van der Waals surface area contributed by atoms with Crippen molar-refractivity contribution in [2.75, 3.05) is 6.54 Å². The van der Waals surface area contributed by atoms with Crippen LogP contribution in [0, 0.1) is 6.92 Å². The van der Waals surface area contributed by atoms with E-state index in [4.69, 9.17) is 16.3 Å². The molecule has 142 valence electrons. The molecule has 0 fully saturated rings. The number of benzene rings is 2. The summed E-state index contributed by atoms with van der Waals surface area (Å²) >= 11 is 6.18. The van der Waals surface area contributed by atoms with Gasteiger partial charge in [0.05, 0.1) is 0 Å². The lowest BCUT2D eigenvalue weighted by Crippen LogP contribution is -2.15. The van der Waals surface area contributed by atoms with E-state index in [0.717, 1.165) is 29.4 Å². The largest absolute Gasteiger partial charge is 0.489 e. The van der Waals surface area contributed by atoms with Gasteiger partial charge in [-0.05, 0) is 43.7 Å². The van der Waals surface area contributed by atoms with Gasteiger partial charge in [-0.3, -0.25) is 0 Å². The van der Waals surface area contributed by atoms with Crippen molar-refractivity contribution in [3.63, 3.8) is 0 Å². The molecule has 0 unspecified atom stereocenters. The standard InChI is InChI=1S/C23H32ClNO/c1-3-4-5-6-7-8-15-25-17-21-16-22(24)13-14-23(21)26-18-20-11-9-19(2)10-12-20/h9-14,16,25H,3-8,15,17-18H2,1-2H3. The van der Waals surface area contributed by atoms with Gasteiger partial charge in [-0.15, -0.1) is 0 Å². The molecule has 0 aliphatic carbocycles. The fraction of sp³-hybridized carbons (Fsp3) is 0.478. The first-order valence-electron chi connectivity index (χ1n) is 9.86. The van der Waals surface area contributed by atoms with E-state index in [1.54, 1.807) is 0 Å². The lowest BCUT2D eigenvalue weighted by atomic mass is 10.1. The van der Waals surface area contributed by atoms with E-state index >= 15 is 0 Å². The highest BCUT2D eigenvalue weighted by Crippen LogP contribution is 2.24. The van der Waals surface area contributed by atoms with Gasteiger partial charge in [0.25, 0.3) is 0 Å². The Bertz CT molecular complexity index is 639. The van der Waals surface area contributed by atoms with Gasteiger partial charge in [0, 0.05) is 17.1 Å². The topological polar surface area (TPSA) is 21.3 Å². The average molecular weight is 374 g/mol. The third-order valence-electron chi connectivity index (χ3n) is 4.56. The second-order valence-corrected chi connectivity index (χ2v) is 7.41. The Morgan fingerprint density at radius 3 is 2.42 bits per heavy atom. The molecule has 2 rings (SSSR count). The zero-order valence-corrected chi connectivity index (χ0v) is 16.9. The minimum absolute atomic E-state index is 0.576. The van der Waals surface area contributed by atoms with E-state index in [1.165, 1.54) is 49.7 Å². The van der Waals surface area contributed by atoms with Crippen molar-refractivity contribution < 1.29 is 4.74 Å². The maximum atomic E-state index is 6.18. The molecule has 0 aliphatic heterocycles. The highest BCUT2D eigenvalue weighted by atomic mass is 35.5. The molecule has 0 amide bonds. The molecular formula is C23H32ClNO. The van der Waals surface area contributed by atoms with Gasteiger partial charge < -0.3 is 10.1 Å². The number of nitrogens with one attached hydrogen (secondary N) is 1. The molecule has 0 saturated carbocycles. The first-order valence-corrected chi connectivity index (χ1v) is 10.2. The molecule has 2 aromatic rings. The number of rotatable bonds is 12. The second-order valence-electron chi connectivity index (χ2n) is 6.97. The Balaban J connectivity index is 1.78. The summed E-state index contributed by atoms with van der Waals surface area (Å²) in [6.45, 7) is 6.75. The molecule has 0 saturated heterocycles. The maximum absolute atomic E-state index is 6.18. The van der Waals surface area contributed by atoms with Crippen LogP contribution in [-0.2, 0) is 13.2 Å². The fourth-order valence-corrected chi connectivity index (χ4v) is 3.12. The minimum Gasteiger partial charge on any atom is -0.489 e. The van der Waals surface area contributed by atoms with Crippen molar-refractivity contribution >= 4 is 11.6 Å². The summed E-state index contributed by atoms with van der Waals surface area (Å²) in [6, 6.07) is 14.3. The lowest BCUT2D eigenvalue weighted by molar-refractivity contribution is 0.302. The highest BCUT2D eigenvalue weighted by Gasteiger charge is 2.05. The number of hydrogen-bond acceptors (Lipinski definition) is 2. The third-order valence-corrected chi connectivity index (χ3v) is 4.80. The SMILES string of the molecule is CCCCCCCCNCc1cc(Cl)ccc1OCc1ccc(C)cc1. The number of unbranched alkanes of at least 4 members (excludes halogenated alkanes) is 5. The van der Waals surface area contributed by atoms with Gasteiger partial charge in [0.1, 0.15) is 12.4 Å². The molecule has 2 aromatic carbocycles. The number of ether oxygens (including phenoxy) is 1.